The molecule has 1 aliphatic carbocycles. The summed E-state index contributed by atoms with van der Waals surface area (Å²) in [5.74, 6) is 2.21. The van der Waals surface area contributed by atoms with Crippen LogP contribution in [0.25, 0.3) is 0 Å². The third-order valence-electron chi connectivity index (χ3n) is 5.04. The Kier molecular flexibility index (Phi) is 7.02. The molecule has 2 N–H and O–H groups in total. The minimum Gasteiger partial charge on any atom is -0.435 e. The average molecular weight is 419 g/mol. The Labute approximate surface area is 174 Å². The monoisotopic (exact) mass is 419 g/mol. The predicted molar refractivity (Wildman–Crippen MR) is 111 cm³/mol. The minimum atomic E-state index is -2.88. The van der Waals surface area contributed by atoms with Crippen molar-refractivity contribution in [3.8, 4) is 5.75 Å². The van der Waals surface area contributed by atoms with E-state index in [-0.39, 0.29) is 23.7 Å². The lowest BCUT2D eigenvalue weighted by Crippen LogP contribution is -2.40. The van der Waals surface area contributed by atoms with Crippen molar-refractivity contribution in [1.82, 2.24) is 15.3 Å². The van der Waals surface area contributed by atoms with Gasteiger partial charge in [0.15, 0.2) is 0 Å². The summed E-state index contributed by atoms with van der Waals surface area (Å²) >= 11 is 0. The molecule has 1 aromatic carbocycles. The molecule has 1 aromatic heterocycles. The number of aromatic nitrogens is 2. The summed E-state index contributed by atoms with van der Waals surface area (Å²) in [6, 6.07) is 8.01. The maximum atomic E-state index is 12.4. The molecule has 0 saturated heterocycles. The maximum absolute atomic E-state index is 12.4. The summed E-state index contributed by atoms with van der Waals surface area (Å²) in [5, 5.41) is 6.50. The smallest absolute Gasteiger partial charge is 0.387 e. The quantitative estimate of drug-likeness (QED) is 0.714. The van der Waals surface area contributed by atoms with Crippen molar-refractivity contribution in [3.63, 3.8) is 0 Å². The van der Waals surface area contributed by atoms with Crippen LogP contribution in [-0.2, 0) is 0 Å². The lowest BCUT2D eigenvalue weighted by atomic mass is 9.91. The number of aryl methyl sites for hydroxylation is 1. The second-order valence-electron chi connectivity index (χ2n) is 7.62. The Morgan fingerprint density at radius 1 is 1.10 bits per heavy atom. The summed E-state index contributed by atoms with van der Waals surface area (Å²) in [6.07, 6.45) is 3.51. The van der Waals surface area contributed by atoms with Crippen molar-refractivity contribution < 1.29 is 18.3 Å². The molecule has 0 aliphatic heterocycles. The molecule has 0 atom stereocenters. The van der Waals surface area contributed by atoms with E-state index in [0.29, 0.717) is 5.56 Å². The van der Waals surface area contributed by atoms with E-state index in [4.69, 9.17) is 0 Å². The molecule has 30 heavy (non-hydrogen) atoms. The Morgan fingerprint density at radius 2 is 1.73 bits per heavy atom. The molecule has 1 aliphatic rings. The summed E-state index contributed by atoms with van der Waals surface area (Å²) < 4.78 is 28.7. The Hall–Kier alpha value is -2.97. The van der Waals surface area contributed by atoms with Gasteiger partial charge in [0.1, 0.15) is 23.2 Å². The average Bonchev–Trinajstić information content (AvgIpc) is 2.69. The van der Waals surface area contributed by atoms with E-state index in [1.165, 1.54) is 24.3 Å². The van der Waals surface area contributed by atoms with E-state index in [9.17, 15) is 13.6 Å². The molecule has 3 rings (SSSR count). The fraction of sp³-hybridized carbons (Fsp3) is 0.476. The number of alkyl halides is 2. The number of carbonyl (C=O) groups is 1. The molecule has 1 saturated carbocycles. The Morgan fingerprint density at radius 3 is 2.33 bits per heavy atom. The third-order valence-corrected chi connectivity index (χ3v) is 5.04. The van der Waals surface area contributed by atoms with Gasteiger partial charge < -0.3 is 20.3 Å². The SMILES string of the molecule is Cc1nc(N[C@H]2CC[C@@H](NC(=O)c3ccc(OC(F)F)cc3)CC2)cc(N(C)C)n1. The molecule has 1 heterocycles. The summed E-state index contributed by atoms with van der Waals surface area (Å²) in [4.78, 5) is 23.2. The fourth-order valence-electron chi connectivity index (χ4n) is 3.50. The van der Waals surface area contributed by atoms with Crippen molar-refractivity contribution in [2.45, 2.75) is 51.3 Å². The number of ether oxygens (including phenoxy) is 1. The second kappa shape index (κ2) is 9.69. The van der Waals surface area contributed by atoms with Crippen LogP contribution in [0, 0.1) is 6.92 Å². The molecule has 9 heteroatoms. The highest BCUT2D eigenvalue weighted by molar-refractivity contribution is 5.94. The van der Waals surface area contributed by atoms with Crippen molar-refractivity contribution in [1.29, 1.82) is 0 Å². The van der Waals surface area contributed by atoms with Crippen molar-refractivity contribution in [2.24, 2.45) is 0 Å². The molecule has 162 valence electrons. The summed E-state index contributed by atoms with van der Waals surface area (Å²) in [5.41, 5.74) is 0.421. The number of amides is 1. The lowest BCUT2D eigenvalue weighted by Gasteiger charge is -2.30. The van der Waals surface area contributed by atoms with Gasteiger partial charge in [-0.3, -0.25) is 4.79 Å². The summed E-state index contributed by atoms with van der Waals surface area (Å²) in [6.45, 7) is -1.01. The van der Waals surface area contributed by atoms with Gasteiger partial charge in [0.25, 0.3) is 5.91 Å². The van der Waals surface area contributed by atoms with Gasteiger partial charge in [-0.15, -0.1) is 0 Å². The predicted octanol–water partition coefficient (Wildman–Crippen LogP) is 3.61. The first kappa shape index (κ1) is 21.7. The van der Waals surface area contributed by atoms with E-state index >= 15 is 0 Å². The van der Waals surface area contributed by atoms with Crippen LogP contribution in [0.3, 0.4) is 0 Å². The minimum absolute atomic E-state index is 0.0329. The van der Waals surface area contributed by atoms with E-state index in [2.05, 4.69) is 25.3 Å². The highest BCUT2D eigenvalue weighted by Gasteiger charge is 2.23. The Balaban J connectivity index is 1.49. The number of nitrogens with one attached hydrogen (secondary N) is 2. The van der Waals surface area contributed by atoms with Gasteiger partial charge in [-0.1, -0.05) is 0 Å². The van der Waals surface area contributed by atoms with Gasteiger partial charge in [0.05, 0.1) is 0 Å². The fourth-order valence-corrected chi connectivity index (χ4v) is 3.50. The highest BCUT2D eigenvalue weighted by Crippen LogP contribution is 2.23. The lowest BCUT2D eigenvalue weighted by molar-refractivity contribution is -0.0498. The largest absolute Gasteiger partial charge is 0.435 e. The Bertz CT molecular complexity index is 853. The zero-order valence-corrected chi connectivity index (χ0v) is 17.4. The number of hydrogen-bond donors (Lipinski definition) is 2. The molecular formula is C21H27F2N5O2. The number of benzene rings is 1. The van der Waals surface area contributed by atoms with Gasteiger partial charge in [-0.2, -0.15) is 8.78 Å². The molecule has 1 fully saturated rings. The summed E-state index contributed by atoms with van der Waals surface area (Å²) in [7, 11) is 3.89. The van der Waals surface area contributed by atoms with Crippen LogP contribution in [-0.4, -0.2) is 48.7 Å². The van der Waals surface area contributed by atoms with Gasteiger partial charge in [0, 0.05) is 37.8 Å². The standard InChI is InChI=1S/C21H27F2N5O2/c1-13-24-18(12-19(25-13)28(2)3)26-15-6-8-16(9-7-15)27-20(29)14-4-10-17(11-5-14)30-21(22)23/h4-5,10-12,15-16,21H,6-9H2,1-3H3,(H,27,29)(H,24,25,26)/t15-,16+. The van der Waals surface area contributed by atoms with E-state index in [1.807, 2.05) is 32.0 Å². The highest BCUT2D eigenvalue weighted by atomic mass is 19.3. The molecule has 0 radical (unpaired) electrons. The zero-order valence-electron chi connectivity index (χ0n) is 17.4. The zero-order chi connectivity index (χ0) is 21.7. The topological polar surface area (TPSA) is 79.4 Å². The second-order valence-corrected chi connectivity index (χ2v) is 7.62. The third kappa shape index (κ3) is 6.01. The van der Waals surface area contributed by atoms with Gasteiger partial charge in [-0.05, 0) is 56.9 Å². The number of rotatable bonds is 7. The molecule has 1 amide bonds. The first-order chi connectivity index (χ1) is 14.3. The van der Waals surface area contributed by atoms with Crippen molar-refractivity contribution in [3.05, 3.63) is 41.7 Å². The van der Waals surface area contributed by atoms with Crippen LogP contribution in [0.5, 0.6) is 5.75 Å². The molecule has 2 aromatic rings. The maximum Gasteiger partial charge on any atom is 0.387 e. The van der Waals surface area contributed by atoms with E-state index in [0.717, 1.165) is 43.1 Å². The first-order valence-corrected chi connectivity index (χ1v) is 9.95. The van der Waals surface area contributed by atoms with E-state index < -0.39 is 6.61 Å². The normalized spacial score (nSPS) is 18.7. The van der Waals surface area contributed by atoms with Gasteiger partial charge in [0.2, 0.25) is 0 Å². The van der Waals surface area contributed by atoms with Crippen LogP contribution in [0.4, 0.5) is 20.4 Å². The van der Waals surface area contributed by atoms with Gasteiger partial charge in [-0.25, -0.2) is 9.97 Å². The molecule has 0 bridgehead atoms. The van der Waals surface area contributed by atoms with Crippen molar-refractivity contribution in [2.75, 3.05) is 24.3 Å². The molecular weight excluding hydrogens is 392 g/mol. The molecule has 7 nitrogen and oxygen atoms in total. The van der Waals surface area contributed by atoms with Crippen LogP contribution in [0.2, 0.25) is 0 Å². The van der Waals surface area contributed by atoms with Crippen molar-refractivity contribution >= 4 is 17.5 Å². The molecule has 0 unspecified atom stereocenters. The number of carbonyl (C=O) groups excluding carboxylic acids is 1. The van der Waals surface area contributed by atoms with Crippen LogP contribution >= 0.6 is 0 Å². The van der Waals surface area contributed by atoms with Crippen LogP contribution < -0.4 is 20.3 Å². The number of nitrogens with zero attached hydrogens (tertiary/aromatic N) is 3. The van der Waals surface area contributed by atoms with Crippen LogP contribution in [0.1, 0.15) is 41.9 Å². The van der Waals surface area contributed by atoms with Gasteiger partial charge >= 0.3 is 6.61 Å². The number of halogens is 2. The molecule has 0 spiro atoms. The number of hydrogen-bond acceptors (Lipinski definition) is 6. The first-order valence-electron chi connectivity index (χ1n) is 9.95. The van der Waals surface area contributed by atoms with E-state index in [1.54, 1.807) is 0 Å². The van der Waals surface area contributed by atoms with Crippen LogP contribution in [0.15, 0.2) is 30.3 Å². The number of anilines is 2.